The van der Waals surface area contributed by atoms with Gasteiger partial charge >= 0.3 is 11.9 Å². The lowest BCUT2D eigenvalue weighted by Gasteiger charge is -2.30. The number of aromatic nitrogens is 2. The van der Waals surface area contributed by atoms with Gasteiger partial charge in [-0.3, -0.25) is 15.2 Å². The van der Waals surface area contributed by atoms with Gasteiger partial charge in [-0.05, 0) is 64.2 Å². The highest BCUT2D eigenvalue weighted by Crippen LogP contribution is 2.40. The van der Waals surface area contributed by atoms with Crippen LogP contribution in [-0.4, -0.2) is 53.9 Å². The number of carbonyl (C=O) groups excluding carboxylic acids is 2. The number of nitro groups is 1. The largest absolute Gasteiger partial charge is 0.477 e. The van der Waals surface area contributed by atoms with Crippen molar-refractivity contribution in [1.82, 2.24) is 15.5 Å². The fourth-order valence-electron chi connectivity index (χ4n) is 5.30. The fraction of sp³-hybridized carbons (Fsp3) is 0.364. The molecule has 2 heterocycles. The Hall–Kier alpha value is -5.13. The minimum atomic E-state index is -0.886. The number of benzene rings is 2. The third kappa shape index (κ3) is 8.28. The number of hydrogen-bond acceptors (Lipinski definition) is 10. The van der Waals surface area contributed by atoms with Gasteiger partial charge in [0.15, 0.2) is 0 Å². The summed E-state index contributed by atoms with van der Waals surface area (Å²) in [6.07, 6.45) is 3.13. The smallest absolute Gasteiger partial charge is 0.336 e. The van der Waals surface area contributed by atoms with Crippen LogP contribution in [0.15, 0.2) is 77.1 Å². The first-order chi connectivity index (χ1) is 21.7. The number of esters is 2. The predicted octanol–water partition coefficient (Wildman–Crippen LogP) is 6.01. The average molecular weight is 618 g/mol. The van der Waals surface area contributed by atoms with Crippen molar-refractivity contribution < 1.29 is 28.7 Å². The maximum atomic E-state index is 13.4. The van der Waals surface area contributed by atoms with Gasteiger partial charge in [-0.1, -0.05) is 24.3 Å². The molecule has 0 amide bonds. The lowest BCUT2D eigenvalue weighted by Crippen LogP contribution is -2.32. The van der Waals surface area contributed by atoms with Gasteiger partial charge in [0.1, 0.15) is 0 Å². The van der Waals surface area contributed by atoms with Crippen LogP contribution in [0.25, 0.3) is 11.3 Å². The van der Waals surface area contributed by atoms with E-state index in [0.29, 0.717) is 35.9 Å². The summed E-state index contributed by atoms with van der Waals surface area (Å²) in [5.74, 6) is -1.59. The number of nitrogens with one attached hydrogen (secondary N) is 3. The lowest BCUT2D eigenvalue weighted by molar-refractivity contribution is -0.384. The molecule has 45 heavy (non-hydrogen) atoms. The molecule has 238 valence electrons. The molecule has 0 fully saturated rings. The van der Waals surface area contributed by atoms with Crippen LogP contribution < -0.4 is 15.4 Å². The number of unbranched alkanes of at least 4 members (excludes halogenated alkanes) is 3. The first-order valence-corrected chi connectivity index (χ1v) is 14.9. The minimum absolute atomic E-state index is 0.148. The third-order valence-corrected chi connectivity index (χ3v) is 7.43. The summed E-state index contributed by atoms with van der Waals surface area (Å²) in [5, 5.41) is 25.1. The van der Waals surface area contributed by atoms with Crippen LogP contribution in [0.2, 0.25) is 0 Å². The molecule has 12 nitrogen and oxygen atoms in total. The number of ether oxygens (including phenoxy) is 3. The van der Waals surface area contributed by atoms with E-state index in [2.05, 4.69) is 33.8 Å². The van der Waals surface area contributed by atoms with Crippen molar-refractivity contribution in [2.75, 3.05) is 32.2 Å². The number of H-pyrrole nitrogens is 1. The van der Waals surface area contributed by atoms with Gasteiger partial charge in [-0.15, -0.1) is 5.10 Å². The topological polar surface area (TPSA) is 158 Å². The zero-order chi connectivity index (χ0) is 32.3. The standard InChI is InChI=1S/C33H39N5O7/c1-5-34-25-14-10-12-23(18-25)27-20-28(37-36-27)44-16-8-6-7-9-17-45-33(40)30-22(3)35-21(2)29(32(39)43-4)31(30)24-13-11-15-26(19-24)38(41)42/h10-15,18-20,31,34-35H,5-9,16-17H2,1-4H3,(H,36,37). The molecule has 0 bridgehead atoms. The number of anilines is 1. The van der Waals surface area contributed by atoms with Crippen molar-refractivity contribution in [1.29, 1.82) is 0 Å². The second kappa shape index (κ2) is 15.6. The fourth-order valence-corrected chi connectivity index (χ4v) is 5.30. The van der Waals surface area contributed by atoms with Crippen molar-refractivity contribution in [3.05, 3.63) is 92.8 Å². The molecule has 1 unspecified atom stereocenters. The number of nitro benzene ring substituents is 1. The number of allylic oxidation sites excluding steroid dienone is 2. The van der Waals surface area contributed by atoms with E-state index in [1.54, 1.807) is 19.9 Å². The lowest BCUT2D eigenvalue weighted by atomic mass is 9.80. The van der Waals surface area contributed by atoms with E-state index in [1.807, 2.05) is 24.3 Å². The van der Waals surface area contributed by atoms with Crippen LogP contribution >= 0.6 is 0 Å². The highest BCUT2D eigenvalue weighted by Gasteiger charge is 2.38. The highest BCUT2D eigenvalue weighted by molar-refractivity contribution is 5.99. The normalized spacial score (nSPS) is 14.5. The van der Waals surface area contributed by atoms with Crippen molar-refractivity contribution in [2.45, 2.75) is 52.4 Å². The number of non-ortho nitro benzene ring substituents is 1. The van der Waals surface area contributed by atoms with E-state index in [0.717, 1.165) is 42.8 Å². The number of aromatic amines is 1. The second-order valence-electron chi connectivity index (χ2n) is 10.6. The summed E-state index contributed by atoms with van der Waals surface area (Å²) >= 11 is 0. The van der Waals surface area contributed by atoms with Crippen LogP contribution in [0.3, 0.4) is 0 Å². The summed E-state index contributed by atoms with van der Waals surface area (Å²) < 4.78 is 16.4. The van der Waals surface area contributed by atoms with Crippen LogP contribution in [-0.2, 0) is 19.1 Å². The molecule has 1 atom stereocenters. The van der Waals surface area contributed by atoms with Crippen LogP contribution in [0, 0.1) is 10.1 Å². The predicted molar refractivity (Wildman–Crippen MR) is 169 cm³/mol. The van der Waals surface area contributed by atoms with Crippen molar-refractivity contribution in [3.63, 3.8) is 0 Å². The summed E-state index contributed by atoms with van der Waals surface area (Å²) in [5.41, 5.74) is 4.62. The Bertz CT molecular complexity index is 1590. The van der Waals surface area contributed by atoms with Gasteiger partial charge in [0, 0.05) is 47.4 Å². The Labute approximate surface area is 262 Å². The Morgan fingerprint density at radius 3 is 2.38 bits per heavy atom. The number of rotatable bonds is 15. The molecule has 0 radical (unpaired) electrons. The molecule has 0 aliphatic carbocycles. The molecule has 3 aromatic rings. The second-order valence-corrected chi connectivity index (χ2v) is 10.6. The zero-order valence-corrected chi connectivity index (χ0v) is 26.0. The van der Waals surface area contributed by atoms with Gasteiger partial charge < -0.3 is 24.8 Å². The monoisotopic (exact) mass is 617 g/mol. The van der Waals surface area contributed by atoms with Crippen LogP contribution in [0.5, 0.6) is 5.88 Å². The molecule has 0 spiro atoms. The Morgan fingerprint density at radius 2 is 1.67 bits per heavy atom. The minimum Gasteiger partial charge on any atom is -0.477 e. The number of methoxy groups -OCH3 is 1. The molecule has 0 saturated carbocycles. The third-order valence-electron chi connectivity index (χ3n) is 7.43. The first kappa shape index (κ1) is 32.8. The molecule has 1 aliphatic rings. The molecule has 2 aromatic carbocycles. The van der Waals surface area contributed by atoms with Crippen molar-refractivity contribution in [2.24, 2.45) is 0 Å². The van der Waals surface area contributed by atoms with Crippen LogP contribution in [0.4, 0.5) is 11.4 Å². The Kier molecular flexibility index (Phi) is 11.3. The van der Waals surface area contributed by atoms with Crippen LogP contribution in [0.1, 0.15) is 57.9 Å². The SMILES string of the molecule is CCNc1cccc(-c2cc(OCCCCCCOC(=O)C3=C(C)NC(C)=C(C(=O)OC)C3c3cccc([N+](=O)[O-])c3)n[nH]2)c1. The Morgan fingerprint density at radius 1 is 0.956 bits per heavy atom. The molecule has 12 heteroatoms. The summed E-state index contributed by atoms with van der Waals surface area (Å²) in [6.45, 7) is 6.99. The molecule has 3 N–H and O–H groups in total. The first-order valence-electron chi connectivity index (χ1n) is 14.9. The van der Waals surface area contributed by atoms with Gasteiger partial charge in [-0.25, -0.2) is 9.59 Å². The number of nitrogens with zero attached hydrogens (tertiary/aromatic N) is 2. The van der Waals surface area contributed by atoms with Crippen molar-refractivity contribution >= 4 is 23.3 Å². The number of hydrogen-bond donors (Lipinski definition) is 3. The molecule has 0 saturated heterocycles. The van der Waals surface area contributed by atoms with E-state index in [1.165, 1.54) is 25.3 Å². The van der Waals surface area contributed by atoms with Gasteiger partial charge in [0.25, 0.3) is 5.69 Å². The summed E-state index contributed by atoms with van der Waals surface area (Å²) in [7, 11) is 1.25. The van der Waals surface area contributed by atoms with E-state index in [9.17, 15) is 19.7 Å². The van der Waals surface area contributed by atoms with Gasteiger partial charge in [0.05, 0.1) is 48.0 Å². The quantitative estimate of drug-likeness (QED) is 0.0798. The van der Waals surface area contributed by atoms with Crippen molar-refractivity contribution in [3.8, 4) is 17.1 Å². The Balaban J connectivity index is 1.27. The molecular weight excluding hydrogens is 578 g/mol. The number of dihydropyridines is 1. The maximum absolute atomic E-state index is 13.4. The molecule has 4 rings (SSSR count). The van der Waals surface area contributed by atoms with E-state index in [-0.39, 0.29) is 23.4 Å². The van der Waals surface area contributed by atoms with E-state index < -0.39 is 22.8 Å². The summed E-state index contributed by atoms with van der Waals surface area (Å²) in [4.78, 5) is 37.1. The molecule has 1 aliphatic heterocycles. The van der Waals surface area contributed by atoms with Gasteiger partial charge in [-0.2, -0.15) is 0 Å². The van der Waals surface area contributed by atoms with E-state index in [4.69, 9.17) is 14.2 Å². The molecular formula is C33H39N5O7. The maximum Gasteiger partial charge on any atom is 0.336 e. The highest BCUT2D eigenvalue weighted by atomic mass is 16.6. The molecule has 1 aromatic heterocycles. The summed E-state index contributed by atoms with van der Waals surface area (Å²) in [6, 6.07) is 15.8. The number of carbonyl (C=O) groups is 2. The van der Waals surface area contributed by atoms with Gasteiger partial charge in [0.2, 0.25) is 5.88 Å². The average Bonchev–Trinajstić information content (AvgIpc) is 3.51. The zero-order valence-electron chi connectivity index (χ0n) is 26.0. The van der Waals surface area contributed by atoms with E-state index >= 15 is 0 Å².